The van der Waals surface area contributed by atoms with Gasteiger partial charge in [0.1, 0.15) is 0 Å². The molecular formula is C14H20O. The lowest BCUT2D eigenvalue weighted by Gasteiger charge is -2.30. The van der Waals surface area contributed by atoms with Gasteiger partial charge in [-0.15, -0.1) is 0 Å². The van der Waals surface area contributed by atoms with Gasteiger partial charge in [-0.25, -0.2) is 0 Å². The van der Waals surface area contributed by atoms with Crippen LogP contribution in [0.5, 0.6) is 0 Å². The van der Waals surface area contributed by atoms with E-state index in [2.05, 4.69) is 25.1 Å². The molecule has 1 heteroatoms. The number of hydrogen-bond acceptors (Lipinski definition) is 1. The minimum atomic E-state index is -0.221. The lowest BCUT2D eigenvalue weighted by atomic mass is 9.79. The van der Waals surface area contributed by atoms with Gasteiger partial charge in [0.25, 0.3) is 0 Å². The van der Waals surface area contributed by atoms with E-state index in [1.807, 2.05) is 6.07 Å². The molecule has 0 heterocycles. The van der Waals surface area contributed by atoms with Crippen LogP contribution in [-0.4, -0.2) is 5.11 Å². The van der Waals surface area contributed by atoms with E-state index in [-0.39, 0.29) is 6.10 Å². The summed E-state index contributed by atoms with van der Waals surface area (Å²) in [6.07, 6.45) is 5.71. The topological polar surface area (TPSA) is 20.2 Å². The van der Waals surface area contributed by atoms with E-state index in [1.165, 1.54) is 30.4 Å². The summed E-state index contributed by atoms with van der Waals surface area (Å²) in [5, 5.41) is 10.2. The molecule has 1 N–H and O–H groups in total. The average molecular weight is 204 g/mol. The van der Waals surface area contributed by atoms with Gasteiger partial charge in [0, 0.05) is 0 Å². The number of benzene rings is 1. The molecule has 2 rings (SSSR count). The highest BCUT2D eigenvalue weighted by Gasteiger charge is 2.26. The van der Waals surface area contributed by atoms with Crippen LogP contribution in [0, 0.1) is 5.92 Å². The highest BCUT2D eigenvalue weighted by Crippen LogP contribution is 2.36. The summed E-state index contributed by atoms with van der Waals surface area (Å²) in [7, 11) is 0. The molecule has 0 radical (unpaired) electrons. The first-order valence-electron chi connectivity index (χ1n) is 6.08. The summed E-state index contributed by atoms with van der Waals surface area (Å²) >= 11 is 0. The van der Waals surface area contributed by atoms with Crippen LogP contribution in [0.4, 0.5) is 0 Å². The first-order chi connectivity index (χ1) is 7.33. The largest absolute Gasteiger partial charge is 0.388 e. The van der Waals surface area contributed by atoms with Crippen molar-refractivity contribution in [1.82, 2.24) is 0 Å². The maximum atomic E-state index is 10.2. The molecular weight excluding hydrogens is 184 g/mol. The maximum Gasteiger partial charge on any atom is 0.0820 e. The number of rotatable bonds is 3. The Bertz CT molecular complexity index is 319. The summed E-state index contributed by atoms with van der Waals surface area (Å²) in [6, 6.07) is 8.33. The maximum absolute atomic E-state index is 10.2. The van der Waals surface area contributed by atoms with Gasteiger partial charge in [-0.05, 0) is 36.3 Å². The molecule has 15 heavy (non-hydrogen) atoms. The SMILES string of the molecule is CCCCC1CCc2ccccc2C1O. The number of hydrogen-bond donors (Lipinski definition) is 1. The zero-order valence-corrected chi connectivity index (χ0v) is 9.45. The van der Waals surface area contributed by atoms with E-state index in [9.17, 15) is 5.11 Å². The highest BCUT2D eigenvalue weighted by molar-refractivity contribution is 5.31. The smallest absolute Gasteiger partial charge is 0.0820 e. The van der Waals surface area contributed by atoms with Crippen LogP contribution in [0.15, 0.2) is 24.3 Å². The fourth-order valence-corrected chi connectivity index (χ4v) is 2.57. The van der Waals surface area contributed by atoms with Gasteiger partial charge in [0.2, 0.25) is 0 Å². The Morgan fingerprint density at radius 1 is 1.33 bits per heavy atom. The van der Waals surface area contributed by atoms with Gasteiger partial charge < -0.3 is 5.11 Å². The van der Waals surface area contributed by atoms with Crippen molar-refractivity contribution in [2.75, 3.05) is 0 Å². The first-order valence-corrected chi connectivity index (χ1v) is 6.08. The zero-order chi connectivity index (χ0) is 10.7. The van der Waals surface area contributed by atoms with Crippen molar-refractivity contribution >= 4 is 0 Å². The Kier molecular flexibility index (Phi) is 3.42. The van der Waals surface area contributed by atoms with Crippen molar-refractivity contribution in [3.63, 3.8) is 0 Å². The second-order valence-corrected chi connectivity index (χ2v) is 4.58. The summed E-state index contributed by atoms with van der Waals surface area (Å²) < 4.78 is 0. The third-order valence-corrected chi connectivity index (χ3v) is 3.53. The van der Waals surface area contributed by atoms with Crippen LogP contribution in [0.1, 0.15) is 49.8 Å². The molecule has 1 aliphatic carbocycles. The number of aliphatic hydroxyl groups is 1. The first kappa shape index (κ1) is 10.7. The molecule has 0 fully saturated rings. The van der Waals surface area contributed by atoms with Crippen LogP contribution in [0.25, 0.3) is 0 Å². The Morgan fingerprint density at radius 3 is 2.93 bits per heavy atom. The Morgan fingerprint density at radius 2 is 2.13 bits per heavy atom. The van der Waals surface area contributed by atoms with E-state index in [0.29, 0.717) is 5.92 Å². The molecule has 0 saturated heterocycles. The average Bonchev–Trinajstić information content (AvgIpc) is 2.29. The van der Waals surface area contributed by atoms with E-state index in [1.54, 1.807) is 0 Å². The predicted molar refractivity (Wildman–Crippen MR) is 62.7 cm³/mol. The van der Waals surface area contributed by atoms with Crippen LogP contribution in [0.3, 0.4) is 0 Å². The number of fused-ring (bicyclic) bond motifs is 1. The van der Waals surface area contributed by atoms with E-state index in [0.717, 1.165) is 12.8 Å². The minimum absolute atomic E-state index is 0.221. The molecule has 2 unspecified atom stereocenters. The van der Waals surface area contributed by atoms with Crippen LogP contribution in [0.2, 0.25) is 0 Å². The van der Waals surface area contributed by atoms with Gasteiger partial charge in [0.15, 0.2) is 0 Å². The molecule has 1 nitrogen and oxygen atoms in total. The Labute approximate surface area is 92.1 Å². The lowest BCUT2D eigenvalue weighted by molar-refractivity contribution is 0.0872. The summed E-state index contributed by atoms with van der Waals surface area (Å²) in [5.74, 6) is 0.486. The molecule has 1 aromatic rings. The van der Waals surface area contributed by atoms with Crippen molar-refractivity contribution in [1.29, 1.82) is 0 Å². The molecule has 2 atom stereocenters. The van der Waals surface area contributed by atoms with Gasteiger partial charge in [-0.2, -0.15) is 0 Å². The summed E-state index contributed by atoms with van der Waals surface area (Å²) in [6.45, 7) is 2.21. The molecule has 82 valence electrons. The van der Waals surface area contributed by atoms with Crippen LogP contribution in [-0.2, 0) is 6.42 Å². The molecule has 0 aliphatic heterocycles. The van der Waals surface area contributed by atoms with Gasteiger partial charge in [-0.1, -0.05) is 44.0 Å². The van der Waals surface area contributed by atoms with Gasteiger partial charge in [0.05, 0.1) is 6.10 Å². The Hall–Kier alpha value is -0.820. The third-order valence-electron chi connectivity index (χ3n) is 3.53. The van der Waals surface area contributed by atoms with Crippen molar-refractivity contribution in [2.24, 2.45) is 5.92 Å². The van der Waals surface area contributed by atoms with E-state index >= 15 is 0 Å². The quantitative estimate of drug-likeness (QED) is 0.799. The molecule has 0 saturated carbocycles. The molecule has 0 amide bonds. The zero-order valence-electron chi connectivity index (χ0n) is 9.45. The lowest BCUT2D eigenvalue weighted by Crippen LogP contribution is -2.20. The number of unbranched alkanes of at least 4 members (excludes halogenated alkanes) is 1. The second kappa shape index (κ2) is 4.80. The fraction of sp³-hybridized carbons (Fsp3) is 0.571. The molecule has 0 bridgehead atoms. The van der Waals surface area contributed by atoms with Crippen LogP contribution >= 0.6 is 0 Å². The second-order valence-electron chi connectivity index (χ2n) is 4.58. The summed E-state index contributed by atoms with van der Waals surface area (Å²) in [4.78, 5) is 0. The van der Waals surface area contributed by atoms with Crippen LogP contribution < -0.4 is 0 Å². The molecule has 1 aromatic carbocycles. The third kappa shape index (κ3) is 2.23. The van der Waals surface area contributed by atoms with Gasteiger partial charge in [-0.3, -0.25) is 0 Å². The molecule has 1 aliphatic rings. The normalized spacial score (nSPS) is 24.9. The van der Waals surface area contributed by atoms with Crippen molar-refractivity contribution < 1.29 is 5.11 Å². The predicted octanol–water partition coefficient (Wildman–Crippen LogP) is 3.47. The Balaban J connectivity index is 2.11. The molecule has 0 spiro atoms. The van der Waals surface area contributed by atoms with Crippen molar-refractivity contribution in [2.45, 2.75) is 45.1 Å². The van der Waals surface area contributed by atoms with Gasteiger partial charge >= 0.3 is 0 Å². The number of aryl methyl sites for hydroxylation is 1. The monoisotopic (exact) mass is 204 g/mol. The van der Waals surface area contributed by atoms with E-state index in [4.69, 9.17) is 0 Å². The standard InChI is InChI=1S/C14H20O/c1-2-3-6-12-10-9-11-7-4-5-8-13(11)14(12)15/h4-5,7-8,12,14-15H,2-3,6,9-10H2,1H3. The van der Waals surface area contributed by atoms with Crippen molar-refractivity contribution in [3.05, 3.63) is 35.4 Å². The number of aliphatic hydroxyl groups excluding tert-OH is 1. The summed E-state index contributed by atoms with van der Waals surface area (Å²) in [5.41, 5.74) is 2.52. The fourth-order valence-electron chi connectivity index (χ4n) is 2.57. The van der Waals surface area contributed by atoms with Crippen molar-refractivity contribution in [3.8, 4) is 0 Å². The highest BCUT2D eigenvalue weighted by atomic mass is 16.3. The van der Waals surface area contributed by atoms with E-state index < -0.39 is 0 Å². The minimum Gasteiger partial charge on any atom is -0.388 e. The molecule has 0 aromatic heterocycles.